The zero-order valence-corrected chi connectivity index (χ0v) is 44.0. The van der Waals surface area contributed by atoms with E-state index in [0.717, 1.165) is 27.5 Å². The normalized spacial score (nSPS) is 11.2. The van der Waals surface area contributed by atoms with E-state index in [4.69, 9.17) is 64.8 Å². The first kappa shape index (κ1) is 50.6. The molecule has 0 amide bonds. The van der Waals surface area contributed by atoms with Crippen LogP contribution in [0.1, 0.15) is 11.1 Å². The maximum atomic E-state index is 8.92. The van der Waals surface area contributed by atoms with Gasteiger partial charge in [0.25, 0.3) is 0 Å². The van der Waals surface area contributed by atoms with Crippen molar-refractivity contribution in [1.82, 2.24) is 29.9 Å². The van der Waals surface area contributed by atoms with Crippen LogP contribution in [0.15, 0.2) is 61.2 Å². The molecule has 0 saturated carbocycles. The molecule has 0 spiro atoms. The fourth-order valence-electron chi connectivity index (χ4n) is 4.34. The number of nitriles is 2. The summed E-state index contributed by atoms with van der Waals surface area (Å²) in [7, 11) is 22.5. The van der Waals surface area contributed by atoms with Gasteiger partial charge in [-0.1, -0.05) is 34.8 Å². The summed E-state index contributed by atoms with van der Waals surface area (Å²) in [6.45, 7) is 0.700. The number of nitrogens with zero attached hydrogens (tertiary/aromatic N) is 6. The Morgan fingerprint density at radius 2 is 1.12 bits per heavy atom. The summed E-state index contributed by atoms with van der Waals surface area (Å²) >= 11 is 17.1. The highest BCUT2D eigenvalue weighted by molar-refractivity contribution is 9.21. The maximum absolute atomic E-state index is 8.92. The number of methoxy groups -OCH3 is 2. The molecule has 56 heavy (non-hydrogen) atoms. The Labute approximate surface area is 361 Å². The summed E-state index contributed by atoms with van der Waals surface area (Å²) in [4.78, 5) is 21.5. The van der Waals surface area contributed by atoms with Crippen molar-refractivity contribution < 1.29 is 19.5 Å². The SMILES string of the molecule is COc1c(Cl)ncnc1-c1cc2cc(C#N)ccc2[nH]1.COc1c(Cl)ncnc1Cl.N#Cc1ccc2[nH]c(B(O)O)cc2c1.PP(P)P(P)P(P(P)P)P(P)P. The first-order valence-electron chi connectivity index (χ1n) is 15.0. The van der Waals surface area contributed by atoms with Crippen LogP contribution in [0.25, 0.3) is 33.2 Å². The van der Waals surface area contributed by atoms with Crippen LogP contribution in [0.4, 0.5) is 0 Å². The van der Waals surface area contributed by atoms with Gasteiger partial charge in [0.05, 0.1) is 43.2 Å². The molecule has 8 unspecified atom stereocenters. The number of halogens is 3. The molecule has 12 nitrogen and oxygen atoms in total. The van der Waals surface area contributed by atoms with Gasteiger partial charge in [-0.2, -0.15) is 10.5 Å². The van der Waals surface area contributed by atoms with Crippen LogP contribution in [-0.2, 0) is 0 Å². The van der Waals surface area contributed by atoms with E-state index in [1.165, 1.54) is 26.9 Å². The molecule has 8 atom stereocenters. The van der Waals surface area contributed by atoms with Crippen LogP contribution in [0.3, 0.4) is 0 Å². The molecule has 6 rings (SSSR count). The van der Waals surface area contributed by atoms with Crippen LogP contribution in [0, 0.1) is 22.7 Å². The van der Waals surface area contributed by atoms with Gasteiger partial charge in [-0.3, -0.25) is 0 Å². The van der Waals surface area contributed by atoms with Crippen molar-refractivity contribution in [1.29, 1.82) is 10.5 Å². The first-order valence-corrected chi connectivity index (χ1v) is 37.0. The fraction of sp³-hybridized carbons (Fsp3) is 0.0714. The molecular weight excluding hydrogens is 1000 g/mol. The lowest BCUT2D eigenvalue weighted by Crippen LogP contribution is -2.30. The molecular formula is C28H34BCl3N8O4P12. The van der Waals surface area contributed by atoms with Crippen LogP contribution < -0.4 is 15.1 Å². The largest absolute Gasteiger partial charge is 0.505 e. The van der Waals surface area contributed by atoms with Gasteiger partial charge in [-0.05, 0) is 83.5 Å². The second kappa shape index (κ2) is 25.3. The van der Waals surface area contributed by atoms with Crippen LogP contribution in [0.2, 0.25) is 15.5 Å². The topological polar surface area (TPSA) is 190 Å². The van der Waals surface area contributed by atoms with Gasteiger partial charge in [-0.25, -0.2) is 19.9 Å². The maximum Gasteiger partial charge on any atom is 0.505 e. The molecule has 4 N–H and O–H groups in total. The molecule has 0 radical (unpaired) electrons. The Morgan fingerprint density at radius 3 is 1.54 bits per heavy atom. The van der Waals surface area contributed by atoms with Gasteiger partial charge in [0.1, 0.15) is 18.3 Å². The number of fused-ring (bicyclic) bond motifs is 2. The predicted octanol–water partition coefficient (Wildman–Crippen LogP) is 11.3. The summed E-state index contributed by atoms with van der Waals surface area (Å²) < 4.78 is 10.0. The molecule has 4 heterocycles. The van der Waals surface area contributed by atoms with E-state index >= 15 is 0 Å². The van der Waals surface area contributed by atoms with Crippen LogP contribution in [0.5, 0.6) is 11.5 Å². The standard InChI is InChI=1S/C14H9ClN4O.C9H7BN2O2.C5H4Cl2N2O.H14P12/c1-20-13-12(17-7-18-14(13)15)11-5-9-4-8(6-16)2-3-10(9)19-11;11-5-6-1-2-8-7(3-6)4-9(12-8)10(13)14;1-10-3-4(6)8-2-9-5(3)7;1-8(2)11(7)12(9(3)4)10(5)6/h2-5,7,19H,1H3;1-4,12-14H;2H,1H3;1-7H2. The highest BCUT2D eigenvalue weighted by atomic mass is 35.5. The van der Waals surface area contributed by atoms with Gasteiger partial charge in [0.15, 0.2) is 27.0 Å². The third-order valence-corrected chi connectivity index (χ3v) is 74.2. The minimum atomic E-state index is -1.51. The second-order valence-electron chi connectivity index (χ2n) is 10.4. The molecule has 6 aromatic rings. The Hall–Kier alpha value is 0.275. The van der Waals surface area contributed by atoms with Crippen molar-refractivity contribution in [3.8, 4) is 35.0 Å². The van der Waals surface area contributed by atoms with Crippen molar-refractivity contribution in [3.63, 3.8) is 0 Å². The first-order chi connectivity index (χ1) is 26.6. The quantitative estimate of drug-likeness (QED) is 0.0648. The lowest BCUT2D eigenvalue weighted by atomic mass is 9.86. The molecule has 0 bridgehead atoms. The van der Waals surface area contributed by atoms with Gasteiger partial charge in [0, 0.05) is 27.4 Å². The summed E-state index contributed by atoms with van der Waals surface area (Å²) in [5.41, 5.74) is 4.53. The van der Waals surface area contributed by atoms with Gasteiger partial charge in [0.2, 0.25) is 0 Å². The number of H-pyrrole nitrogens is 2. The number of aromatic nitrogens is 6. The zero-order chi connectivity index (χ0) is 41.7. The average molecular weight is 1040 g/mol. The average Bonchev–Trinajstić information content (AvgIpc) is 3.79. The molecule has 0 aliphatic rings. The van der Waals surface area contributed by atoms with Gasteiger partial charge >= 0.3 is 7.12 Å². The third kappa shape index (κ3) is 14.7. The minimum Gasteiger partial charge on any atom is -0.491 e. The lowest BCUT2D eigenvalue weighted by Gasteiger charge is -2.32. The molecule has 2 aromatic carbocycles. The number of ether oxygens (including phenoxy) is 2. The summed E-state index contributed by atoms with van der Waals surface area (Å²) in [6, 6.07) is 18.2. The van der Waals surface area contributed by atoms with E-state index in [0.29, 0.717) is 33.9 Å². The number of hydrogen-bond donors (Lipinski definition) is 4. The third-order valence-electron chi connectivity index (χ3n) is 6.77. The van der Waals surface area contributed by atoms with Crippen molar-refractivity contribution in [2.45, 2.75) is 0 Å². The molecule has 0 fully saturated rings. The van der Waals surface area contributed by atoms with Gasteiger partial charge < -0.3 is 29.5 Å². The van der Waals surface area contributed by atoms with E-state index in [1.54, 1.807) is 30.3 Å². The summed E-state index contributed by atoms with van der Waals surface area (Å²) in [6.07, 6.45) is 2.65. The second-order valence-corrected chi connectivity index (χ2v) is 56.4. The Balaban J connectivity index is 0.000000208. The van der Waals surface area contributed by atoms with E-state index in [9.17, 15) is 0 Å². The van der Waals surface area contributed by atoms with Crippen molar-refractivity contribution in [2.24, 2.45) is 0 Å². The van der Waals surface area contributed by atoms with Crippen LogP contribution in [-0.4, -0.2) is 61.3 Å². The van der Waals surface area contributed by atoms with E-state index in [-0.39, 0.29) is 50.4 Å². The highest BCUT2D eigenvalue weighted by Gasteiger charge is 2.26. The number of aromatic amines is 2. The fourth-order valence-corrected chi connectivity index (χ4v) is 107. The predicted molar refractivity (Wildman–Crippen MR) is 270 cm³/mol. The minimum absolute atomic E-state index is 0.103. The monoisotopic (exact) mass is 1030 g/mol. The molecule has 0 saturated heterocycles. The highest BCUT2D eigenvalue weighted by Crippen LogP contribution is 3.16. The van der Waals surface area contributed by atoms with Gasteiger partial charge in [-0.15, -0.1) is 62.5 Å². The smallest absolute Gasteiger partial charge is 0.491 e. The Morgan fingerprint density at radius 1 is 0.661 bits per heavy atom. The van der Waals surface area contributed by atoms with E-state index in [1.807, 2.05) is 24.3 Å². The van der Waals surface area contributed by atoms with E-state index < -0.39 is 7.12 Å². The molecule has 0 aliphatic heterocycles. The summed E-state index contributed by atoms with van der Waals surface area (Å²) in [5.74, 6) is 0.729. The summed E-state index contributed by atoms with van der Waals surface area (Å²) in [5, 5.41) is 37.8. The molecule has 294 valence electrons. The van der Waals surface area contributed by atoms with Crippen molar-refractivity contribution in [2.75, 3.05) is 14.2 Å². The molecule has 4 aromatic heterocycles. The van der Waals surface area contributed by atoms with Crippen molar-refractivity contribution in [3.05, 3.63) is 87.8 Å². The Kier molecular flexibility index (Phi) is 22.8. The van der Waals surface area contributed by atoms with Crippen molar-refractivity contribution >= 4 is 167 Å². The number of nitrogens with one attached hydrogen (secondary N) is 2. The van der Waals surface area contributed by atoms with E-state index in [2.05, 4.69) is 98.5 Å². The molecule has 0 aliphatic carbocycles. The number of benzene rings is 2. The molecule has 28 heteroatoms. The van der Waals surface area contributed by atoms with Crippen LogP contribution >= 0.6 is 132 Å². The number of hydrogen-bond acceptors (Lipinski definition) is 10. The Bertz CT molecular complexity index is 2290. The zero-order valence-electron chi connectivity index (χ0n) is 29.2. The number of rotatable bonds is 8. The lowest BCUT2D eigenvalue weighted by molar-refractivity contribution is 0.411.